The molecule has 0 atom stereocenters. The van der Waals surface area contributed by atoms with Crippen LogP contribution in [0.25, 0.3) is 0 Å². The Labute approximate surface area is 80.2 Å². The summed E-state index contributed by atoms with van der Waals surface area (Å²) in [6.45, 7) is 0. The van der Waals surface area contributed by atoms with Gasteiger partial charge in [0.15, 0.2) is 0 Å². The number of amidine groups is 1. The Kier molecular flexibility index (Phi) is 3.08. The molecule has 0 aromatic heterocycles. The first kappa shape index (κ1) is 9.80. The molecule has 0 bridgehead atoms. The molecule has 0 aliphatic heterocycles. The summed E-state index contributed by atoms with van der Waals surface area (Å²) in [7, 11) is 0. The maximum absolute atomic E-state index is 13.2. The van der Waals surface area contributed by atoms with Crippen LogP contribution in [0.4, 0.5) is 4.39 Å². The second-order valence-electron chi connectivity index (χ2n) is 2.51. The summed E-state index contributed by atoms with van der Waals surface area (Å²) >= 11 is 5.55. The molecule has 1 aromatic carbocycles. The van der Waals surface area contributed by atoms with Crippen molar-refractivity contribution in [3.05, 3.63) is 34.6 Å². The predicted octanol–water partition coefficient (Wildman–Crippen LogP) is 1.25. The van der Waals surface area contributed by atoms with Gasteiger partial charge in [-0.05, 0) is 11.6 Å². The van der Waals surface area contributed by atoms with E-state index in [1.807, 2.05) is 0 Å². The number of hydrogen-bond donors (Lipinski definition) is 2. The standard InChI is InChI=1S/C8H9ClFN3/c9-6-3-1-2-5(8(6)10)4-7(11)13-12/h1-3H,4,12H2,(H2,11,13). The van der Waals surface area contributed by atoms with E-state index in [1.165, 1.54) is 6.07 Å². The van der Waals surface area contributed by atoms with Gasteiger partial charge in [0.2, 0.25) is 0 Å². The number of nitrogens with zero attached hydrogens (tertiary/aromatic N) is 1. The predicted molar refractivity (Wildman–Crippen MR) is 50.9 cm³/mol. The van der Waals surface area contributed by atoms with Gasteiger partial charge in [-0.2, -0.15) is 5.10 Å². The van der Waals surface area contributed by atoms with Crippen molar-refractivity contribution in [2.24, 2.45) is 16.7 Å². The third-order valence-corrected chi connectivity index (χ3v) is 1.86. The minimum absolute atomic E-state index is 0.0716. The van der Waals surface area contributed by atoms with Crippen molar-refractivity contribution in [1.82, 2.24) is 0 Å². The maximum atomic E-state index is 13.2. The molecule has 1 aromatic rings. The fourth-order valence-corrected chi connectivity index (χ4v) is 1.12. The number of halogens is 2. The van der Waals surface area contributed by atoms with E-state index in [2.05, 4.69) is 5.10 Å². The molecule has 0 aliphatic carbocycles. The van der Waals surface area contributed by atoms with Crippen LogP contribution in [-0.2, 0) is 6.42 Å². The molecule has 5 heteroatoms. The van der Waals surface area contributed by atoms with Crippen LogP contribution in [0.1, 0.15) is 5.56 Å². The molecule has 70 valence electrons. The summed E-state index contributed by atoms with van der Waals surface area (Å²) < 4.78 is 13.2. The number of benzene rings is 1. The van der Waals surface area contributed by atoms with Crippen molar-refractivity contribution in [2.75, 3.05) is 0 Å². The van der Waals surface area contributed by atoms with Crippen molar-refractivity contribution in [1.29, 1.82) is 0 Å². The average molecular weight is 202 g/mol. The zero-order valence-corrected chi connectivity index (χ0v) is 7.55. The fraction of sp³-hybridized carbons (Fsp3) is 0.125. The van der Waals surface area contributed by atoms with E-state index in [4.69, 9.17) is 23.2 Å². The van der Waals surface area contributed by atoms with E-state index in [0.29, 0.717) is 5.56 Å². The summed E-state index contributed by atoms with van der Waals surface area (Å²) in [6.07, 6.45) is 0.170. The Bertz CT molecular complexity index is 338. The third kappa shape index (κ3) is 2.32. The molecule has 0 saturated heterocycles. The first-order valence-corrected chi connectivity index (χ1v) is 3.98. The fourth-order valence-electron chi connectivity index (χ4n) is 0.926. The summed E-state index contributed by atoms with van der Waals surface area (Å²) in [5.74, 6) is 4.61. The zero-order valence-electron chi connectivity index (χ0n) is 6.80. The molecule has 0 aliphatic rings. The summed E-state index contributed by atoms with van der Waals surface area (Å²) in [5, 5.41) is 3.31. The van der Waals surface area contributed by atoms with Crippen molar-refractivity contribution >= 4 is 17.4 Å². The van der Waals surface area contributed by atoms with Gasteiger partial charge in [0.05, 0.1) is 5.02 Å². The number of nitrogens with two attached hydrogens (primary N) is 2. The molecular formula is C8H9ClFN3. The first-order valence-electron chi connectivity index (χ1n) is 3.60. The second kappa shape index (κ2) is 4.09. The van der Waals surface area contributed by atoms with Crippen molar-refractivity contribution in [2.45, 2.75) is 6.42 Å². The van der Waals surface area contributed by atoms with Crippen LogP contribution < -0.4 is 11.6 Å². The molecule has 0 radical (unpaired) electrons. The lowest BCUT2D eigenvalue weighted by Crippen LogP contribution is -2.17. The summed E-state index contributed by atoms with van der Waals surface area (Å²) in [4.78, 5) is 0. The monoisotopic (exact) mass is 201 g/mol. The largest absolute Gasteiger partial charge is 0.385 e. The zero-order chi connectivity index (χ0) is 9.84. The third-order valence-electron chi connectivity index (χ3n) is 1.57. The molecule has 0 amide bonds. The Morgan fingerprint density at radius 1 is 1.54 bits per heavy atom. The average Bonchev–Trinajstić information content (AvgIpc) is 2.13. The van der Waals surface area contributed by atoms with Gasteiger partial charge in [-0.3, -0.25) is 0 Å². The van der Waals surface area contributed by atoms with Crippen LogP contribution in [0.2, 0.25) is 5.02 Å². The number of rotatable bonds is 2. The smallest absolute Gasteiger partial charge is 0.145 e. The van der Waals surface area contributed by atoms with E-state index >= 15 is 0 Å². The van der Waals surface area contributed by atoms with Crippen LogP contribution in [0.5, 0.6) is 0 Å². The van der Waals surface area contributed by atoms with Crippen molar-refractivity contribution in [3.63, 3.8) is 0 Å². The lowest BCUT2D eigenvalue weighted by atomic mass is 10.1. The highest BCUT2D eigenvalue weighted by Crippen LogP contribution is 2.17. The summed E-state index contributed by atoms with van der Waals surface area (Å²) in [5.41, 5.74) is 5.73. The Balaban J connectivity index is 2.96. The van der Waals surface area contributed by atoms with Crippen LogP contribution >= 0.6 is 11.6 Å². The topological polar surface area (TPSA) is 64.4 Å². The first-order chi connectivity index (χ1) is 6.15. The van der Waals surface area contributed by atoms with E-state index in [0.717, 1.165) is 0 Å². The van der Waals surface area contributed by atoms with Gasteiger partial charge >= 0.3 is 0 Å². The minimum Gasteiger partial charge on any atom is -0.385 e. The molecule has 4 N–H and O–H groups in total. The van der Waals surface area contributed by atoms with E-state index in [1.54, 1.807) is 12.1 Å². The van der Waals surface area contributed by atoms with Gasteiger partial charge in [0, 0.05) is 6.42 Å². The highest BCUT2D eigenvalue weighted by Gasteiger charge is 2.06. The molecule has 0 heterocycles. The highest BCUT2D eigenvalue weighted by atomic mass is 35.5. The van der Waals surface area contributed by atoms with Gasteiger partial charge in [-0.1, -0.05) is 23.7 Å². The second-order valence-corrected chi connectivity index (χ2v) is 2.92. The lowest BCUT2D eigenvalue weighted by molar-refractivity contribution is 0.616. The molecule has 13 heavy (non-hydrogen) atoms. The Morgan fingerprint density at radius 3 is 2.85 bits per heavy atom. The normalized spacial score (nSPS) is 11.7. The van der Waals surface area contributed by atoms with E-state index < -0.39 is 5.82 Å². The maximum Gasteiger partial charge on any atom is 0.145 e. The quantitative estimate of drug-likeness (QED) is 0.327. The van der Waals surface area contributed by atoms with Gasteiger partial charge in [0.25, 0.3) is 0 Å². The molecule has 0 spiro atoms. The lowest BCUT2D eigenvalue weighted by Gasteiger charge is -2.02. The molecular weight excluding hydrogens is 193 g/mol. The van der Waals surface area contributed by atoms with Gasteiger partial charge in [0.1, 0.15) is 11.7 Å². The van der Waals surface area contributed by atoms with E-state index in [-0.39, 0.29) is 17.3 Å². The minimum atomic E-state index is -0.476. The Morgan fingerprint density at radius 2 is 2.23 bits per heavy atom. The molecule has 0 saturated carbocycles. The van der Waals surface area contributed by atoms with Crippen LogP contribution in [0.3, 0.4) is 0 Å². The summed E-state index contributed by atoms with van der Waals surface area (Å²) in [6, 6.07) is 4.69. The molecule has 3 nitrogen and oxygen atoms in total. The van der Waals surface area contributed by atoms with Gasteiger partial charge in [-0.15, -0.1) is 0 Å². The van der Waals surface area contributed by atoms with Gasteiger partial charge < -0.3 is 11.6 Å². The Hall–Kier alpha value is -1.29. The molecule has 0 unspecified atom stereocenters. The van der Waals surface area contributed by atoms with E-state index in [9.17, 15) is 4.39 Å². The van der Waals surface area contributed by atoms with Crippen LogP contribution in [0, 0.1) is 5.82 Å². The van der Waals surface area contributed by atoms with Crippen molar-refractivity contribution in [3.8, 4) is 0 Å². The van der Waals surface area contributed by atoms with Gasteiger partial charge in [-0.25, -0.2) is 4.39 Å². The van der Waals surface area contributed by atoms with Crippen LogP contribution in [0.15, 0.2) is 23.3 Å². The molecule has 0 fully saturated rings. The van der Waals surface area contributed by atoms with Crippen molar-refractivity contribution < 1.29 is 4.39 Å². The van der Waals surface area contributed by atoms with Crippen LogP contribution in [-0.4, -0.2) is 5.84 Å². The number of hydrazone groups is 1. The highest BCUT2D eigenvalue weighted by molar-refractivity contribution is 6.30. The molecule has 1 rings (SSSR count). The SMILES string of the molecule is N/N=C(/N)Cc1cccc(Cl)c1F. The number of hydrogen-bond acceptors (Lipinski definition) is 2.